The number of aryl methyl sites for hydroxylation is 1. The third-order valence-electron chi connectivity index (χ3n) is 3.26. The molecule has 3 rings (SSSR count). The van der Waals surface area contributed by atoms with Crippen molar-refractivity contribution in [3.8, 4) is 23.2 Å². The Morgan fingerprint density at radius 3 is 2.86 bits per heavy atom. The number of nitrogens with zero attached hydrogens (tertiary/aromatic N) is 5. The second-order valence-electron chi connectivity index (χ2n) is 4.61. The fourth-order valence-corrected chi connectivity index (χ4v) is 2.17. The van der Waals surface area contributed by atoms with Crippen LogP contribution in [0.3, 0.4) is 0 Å². The Morgan fingerprint density at radius 1 is 1.41 bits per heavy atom. The lowest BCUT2D eigenvalue weighted by molar-refractivity contribution is -0.384. The topological polar surface area (TPSA) is 117 Å². The maximum atomic E-state index is 10.8. The summed E-state index contributed by atoms with van der Waals surface area (Å²) in [4.78, 5) is 14.6. The maximum absolute atomic E-state index is 10.8. The van der Waals surface area contributed by atoms with E-state index in [9.17, 15) is 15.2 Å². The van der Waals surface area contributed by atoms with Gasteiger partial charge >= 0.3 is 0 Å². The van der Waals surface area contributed by atoms with Crippen LogP contribution < -0.4 is 0 Å². The fourth-order valence-electron chi connectivity index (χ4n) is 2.17. The maximum Gasteiger partial charge on any atom is 0.270 e. The summed E-state index contributed by atoms with van der Waals surface area (Å²) in [7, 11) is 0. The van der Waals surface area contributed by atoms with E-state index in [4.69, 9.17) is 5.26 Å². The SMILES string of the molecule is Cc1c(C#N)c(O)cc2nc(-c3cccc([N+](=O)[O-])c3)nn12. The zero-order chi connectivity index (χ0) is 15.9. The summed E-state index contributed by atoms with van der Waals surface area (Å²) in [6.45, 7) is 1.64. The lowest BCUT2D eigenvalue weighted by Crippen LogP contribution is -1.97. The first-order chi connectivity index (χ1) is 10.5. The lowest BCUT2D eigenvalue weighted by Gasteiger charge is -2.02. The quantitative estimate of drug-likeness (QED) is 0.572. The molecule has 0 unspecified atom stereocenters. The molecule has 22 heavy (non-hydrogen) atoms. The number of pyridine rings is 1. The Morgan fingerprint density at radius 2 is 2.18 bits per heavy atom. The Hall–Kier alpha value is -3.47. The first kappa shape index (κ1) is 13.5. The van der Waals surface area contributed by atoms with Gasteiger partial charge in [-0.2, -0.15) is 5.26 Å². The highest BCUT2D eigenvalue weighted by molar-refractivity contribution is 5.63. The van der Waals surface area contributed by atoms with E-state index in [0.29, 0.717) is 16.9 Å². The molecule has 0 bridgehead atoms. The Bertz CT molecular complexity index is 955. The number of nitro groups is 1. The first-order valence-electron chi connectivity index (χ1n) is 6.25. The second kappa shape index (κ2) is 4.82. The van der Waals surface area contributed by atoms with Gasteiger partial charge in [-0.3, -0.25) is 10.1 Å². The Kier molecular flexibility index (Phi) is 2.96. The molecule has 8 heteroatoms. The molecule has 1 aromatic carbocycles. The van der Waals surface area contributed by atoms with E-state index in [2.05, 4.69) is 10.1 Å². The summed E-state index contributed by atoms with van der Waals surface area (Å²) in [5.74, 6) is 0.104. The number of aromatic hydroxyl groups is 1. The molecule has 0 radical (unpaired) electrons. The highest BCUT2D eigenvalue weighted by Crippen LogP contribution is 2.25. The Labute approximate surface area is 124 Å². The van der Waals surface area contributed by atoms with Gasteiger partial charge in [-0.15, -0.1) is 5.10 Å². The number of fused-ring (bicyclic) bond motifs is 1. The van der Waals surface area contributed by atoms with Gasteiger partial charge in [0.1, 0.15) is 17.4 Å². The number of nitriles is 1. The predicted molar refractivity (Wildman–Crippen MR) is 76.2 cm³/mol. The molecule has 1 N–H and O–H groups in total. The molecule has 0 aliphatic rings. The average Bonchev–Trinajstić information content (AvgIpc) is 2.92. The molecule has 0 spiro atoms. The Balaban J connectivity index is 2.22. The summed E-state index contributed by atoms with van der Waals surface area (Å²) >= 11 is 0. The average molecular weight is 295 g/mol. The van der Waals surface area contributed by atoms with Crippen molar-refractivity contribution in [3.63, 3.8) is 0 Å². The molecule has 2 heterocycles. The fraction of sp³-hybridized carbons (Fsp3) is 0.0714. The number of hydrogen-bond acceptors (Lipinski definition) is 6. The van der Waals surface area contributed by atoms with Gasteiger partial charge in [0, 0.05) is 23.8 Å². The van der Waals surface area contributed by atoms with Crippen LogP contribution in [0.15, 0.2) is 30.3 Å². The van der Waals surface area contributed by atoms with Crippen LogP contribution in [-0.4, -0.2) is 24.6 Å². The van der Waals surface area contributed by atoms with E-state index < -0.39 is 4.92 Å². The summed E-state index contributed by atoms with van der Waals surface area (Å²) in [6, 6.07) is 9.18. The van der Waals surface area contributed by atoms with Crippen molar-refractivity contribution in [3.05, 3.63) is 51.7 Å². The van der Waals surface area contributed by atoms with E-state index in [1.807, 2.05) is 6.07 Å². The van der Waals surface area contributed by atoms with Crippen LogP contribution in [0.1, 0.15) is 11.3 Å². The first-order valence-corrected chi connectivity index (χ1v) is 6.25. The van der Waals surface area contributed by atoms with Gasteiger partial charge < -0.3 is 5.11 Å². The molecule has 0 atom stereocenters. The number of hydrogen-bond donors (Lipinski definition) is 1. The van der Waals surface area contributed by atoms with Crippen molar-refractivity contribution in [2.45, 2.75) is 6.92 Å². The van der Waals surface area contributed by atoms with Crippen molar-refractivity contribution in [2.24, 2.45) is 0 Å². The molecule has 0 fully saturated rings. The molecule has 8 nitrogen and oxygen atoms in total. The lowest BCUT2D eigenvalue weighted by atomic mass is 10.2. The zero-order valence-electron chi connectivity index (χ0n) is 11.4. The van der Waals surface area contributed by atoms with E-state index in [1.165, 1.54) is 22.7 Å². The molecule has 0 amide bonds. The van der Waals surface area contributed by atoms with Gasteiger partial charge in [0.05, 0.1) is 10.6 Å². The minimum Gasteiger partial charge on any atom is -0.506 e. The van der Waals surface area contributed by atoms with Crippen molar-refractivity contribution in [2.75, 3.05) is 0 Å². The summed E-state index contributed by atoms with van der Waals surface area (Å²) < 4.78 is 1.42. The smallest absolute Gasteiger partial charge is 0.270 e. The number of benzene rings is 1. The zero-order valence-corrected chi connectivity index (χ0v) is 11.4. The molecule has 0 saturated carbocycles. The van der Waals surface area contributed by atoms with Crippen LogP contribution in [0.2, 0.25) is 0 Å². The van der Waals surface area contributed by atoms with Crippen molar-refractivity contribution in [1.29, 1.82) is 5.26 Å². The largest absolute Gasteiger partial charge is 0.506 e. The van der Waals surface area contributed by atoms with Crippen LogP contribution in [0.5, 0.6) is 5.75 Å². The van der Waals surface area contributed by atoms with Gasteiger partial charge in [-0.25, -0.2) is 9.50 Å². The molecule has 0 aliphatic heterocycles. The van der Waals surface area contributed by atoms with Gasteiger partial charge in [0.25, 0.3) is 5.69 Å². The van der Waals surface area contributed by atoms with E-state index >= 15 is 0 Å². The number of rotatable bonds is 2. The van der Waals surface area contributed by atoms with Crippen molar-refractivity contribution < 1.29 is 10.0 Å². The highest BCUT2D eigenvalue weighted by Gasteiger charge is 2.15. The van der Waals surface area contributed by atoms with Crippen LogP contribution in [0.4, 0.5) is 5.69 Å². The summed E-state index contributed by atoms with van der Waals surface area (Å²) in [5.41, 5.74) is 1.34. The van der Waals surface area contributed by atoms with E-state index in [1.54, 1.807) is 19.1 Å². The number of non-ortho nitro benzene ring substituents is 1. The number of aromatic nitrogens is 3. The van der Waals surface area contributed by atoms with Crippen molar-refractivity contribution >= 4 is 11.3 Å². The minimum absolute atomic E-state index is 0.0614. The molecular formula is C14H9N5O3. The van der Waals surface area contributed by atoms with Crippen molar-refractivity contribution in [1.82, 2.24) is 14.6 Å². The van der Waals surface area contributed by atoms with Crippen LogP contribution in [-0.2, 0) is 0 Å². The van der Waals surface area contributed by atoms with Gasteiger partial charge in [0.15, 0.2) is 11.5 Å². The molecule has 0 aliphatic carbocycles. The summed E-state index contributed by atoms with van der Waals surface area (Å²) in [5, 5.41) is 33.9. The van der Waals surface area contributed by atoms with Crippen LogP contribution in [0.25, 0.3) is 17.0 Å². The minimum atomic E-state index is -0.496. The third-order valence-corrected chi connectivity index (χ3v) is 3.26. The van der Waals surface area contributed by atoms with E-state index in [-0.39, 0.29) is 22.8 Å². The molecule has 3 aromatic rings. The van der Waals surface area contributed by atoms with E-state index in [0.717, 1.165) is 0 Å². The normalized spacial score (nSPS) is 10.5. The highest BCUT2D eigenvalue weighted by atomic mass is 16.6. The van der Waals surface area contributed by atoms with Gasteiger partial charge in [0.2, 0.25) is 0 Å². The standard InChI is InChI=1S/C14H9N5O3/c1-8-11(7-15)12(20)6-13-16-14(17-18(8)13)9-3-2-4-10(5-9)19(21)22/h2-6,20H,1H3. The van der Waals surface area contributed by atoms with Crippen LogP contribution in [0, 0.1) is 28.4 Å². The molecular weight excluding hydrogens is 286 g/mol. The third kappa shape index (κ3) is 2.01. The predicted octanol–water partition coefficient (Wildman–Crippen LogP) is 2.19. The molecule has 0 saturated heterocycles. The second-order valence-corrected chi connectivity index (χ2v) is 4.61. The van der Waals surface area contributed by atoms with Gasteiger partial charge in [-0.1, -0.05) is 12.1 Å². The monoisotopic (exact) mass is 295 g/mol. The van der Waals surface area contributed by atoms with Gasteiger partial charge in [-0.05, 0) is 6.92 Å². The number of nitro benzene ring substituents is 1. The molecule has 108 valence electrons. The summed E-state index contributed by atoms with van der Waals surface area (Å²) in [6.07, 6.45) is 0. The molecule has 2 aromatic heterocycles. The van der Waals surface area contributed by atoms with Crippen LogP contribution >= 0.6 is 0 Å².